The highest BCUT2D eigenvalue weighted by Gasteiger charge is 2.10. The molecule has 2 rings (SSSR count). The molecule has 2 N–H and O–H groups in total. The van der Waals surface area contributed by atoms with E-state index in [4.69, 9.17) is 17.3 Å². The molecule has 0 heterocycles. The number of carbonyl (C=O) groups excluding carboxylic acids is 1. The van der Waals surface area contributed by atoms with Crippen molar-refractivity contribution >= 4 is 39.0 Å². The highest BCUT2D eigenvalue weighted by Crippen LogP contribution is 2.22. The molecule has 0 saturated heterocycles. The average molecular weight is 311 g/mol. The van der Waals surface area contributed by atoms with Crippen molar-refractivity contribution in [3.8, 4) is 0 Å². The molecule has 2 nitrogen and oxygen atoms in total. The Balaban J connectivity index is 2.40. The first-order valence-corrected chi connectivity index (χ1v) is 6.10. The number of halogens is 2. The lowest BCUT2D eigenvalue weighted by Crippen LogP contribution is -2.01. The van der Waals surface area contributed by atoms with Gasteiger partial charge in [-0.1, -0.05) is 23.7 Å². The molecule has 0 saturated carbocycles. The zero-order chi connectivity index (χ0) is 12.4. The summed E-state index contributed by atoms with van der Waals surface area (Å²) in [5.74, 6) is -0.0757. The number of anilines is 1. The molecule has 0 bridgehead atoms. The Morgan fingerprint density at radius 3 is 2.47 bits per heavy atom. The van der Waals surface area contributed by atoms with Crippen LogP contribution >= 0.6 is 27.5 Å². The Kier molecular flexibility index (Phi) is 3.50. The van der Waals surface area contributed by atoms with Gasteiger partial charge in [-0.2, -0.15) is 0 Å². The normalized spacial score (nSPS) is 10.2. The molecule has 86 valence electrons. The topological polar surface area (TPSA) is 43.1 Å². The molecule has 4 heteroatoms. The first-order chi connectivity index (χ1) is 8.08. The number of nitrogen functional groups attached to an aromatic ring is 1. The number of carbonyl (C=O) groups is 1. The van der Waals surface area contributed by atoms with E-state index in [2.05, 4.69) is 15.9 Å². The second-order valence-corrected chi connectivity index (χ2v) is 4.87. The first kappa shape index (κ1) is 12.1. The molecule has 0 fully saturated rings. The van der Waals surface area contributed by atoms with E-state index < -0.39 is 0 Å². The zero-order valence-electron chi connectivity index (χ0n) is 8.78. The van der Waals surface area contributed by atoms with Crippen LogP contribution in [0.5, 0.6) is 0 Å². The van der Waals surface area contributed by atoms with Gasteiger partial charge in [0.2, 0.25) is 0 Å². The van der Waals surface area contributed by atoms with Gasteiger partial charge < -0.3 is 5.73 Å². The van der Waals surface area contributed by atoms with E-state index >= 15 is 0 Å². The Morgan fingerprint density at radius 2 is 1.82 bits per heavy atom. The lowest BCUT2D eigenvalue weighted by atomic mass is 10.0. The van der Waals surface area contributed by atoms with Gasteiger partial charge in [0.1, 0.15) is 0 Å². The summed E-state index contributed by atoms with van der Waals surface area (Å²) in [6.45, 7) is 0. The average Bonchev–Trinajstić information content (AvgIpc) is 2.32. The summed E-state index contributed by atoms with van der Waals surface area (Å²) in [6.07, 6.45) is 0. The van der Waals surface area contributed by atoms with Crippen LogP contribution in [-0.4, -0.2) is 5.78 Å². The molecule has 0 radical (unpaired) electrons. The molecule has 0 aliphatic carbocycles. The second kappa shape index (κ2) is 4.90. The standard InChI is InChI=1S/C13H9BrClNO/c14-11-7-9(4-5-12(11)16)13(17)8-2-1-3-10(15)6-8/h1-7H,16H2. The summed E-state index contributed by atoms with van der Waals surface area (Å²) in [5.41, 5.74) is 7.42. The van der Waals surface area contributed by atoms with Crippen LogP contribution in [0.1, 0.15) is 15.9 Å². The van der Waals surface area contributed by atoms with Crippen LogP contribution in [0.3, 0.4) is 0 Å². The Morgan fingerprint density at radius 1 is 1.12 bits per heavy atom. The van der Waals surface area contributed by atoms with Crippen LogP contribution in [0.15, 0.2) is 46.9 Å². The van der Waals surface area contributed by atoms with Crippen molar-refractivity contribution in [1.29, 1.82) is 0 Å². The lowest BCUT2D eigenvalue weighted by molar-refractivity contribution is 0.103. The molecule has 0 unspecified atom stereocenters. The van der Waals surface area contributed by atoms with E-state index in [1.807, 2.05) is 0 Å². The fourth-order valence-electron chi connectivity index (χ4n) is 1.46. The van der Waals surface area contributed by atoms with Gasteiger partial charge in [0.15, 0.2) is 5.78 Å². The Bertz CT molecular complexity index is 583. The maximum atomic E-state index is 12.1. The van der Waals surface area contributed by atoms with Crippen molar-refractivity contribution in [3.63, 3.8) is 0 Å². The van der Waals surface area contributed by atoms with Crippen LogP contribution in [0.2, 0.25) is 5.02 Å². The monoisotopic (exact) mass is 309 g/mol. The maximum Gasteiger partial charge on any atom is 0.193 e. The van der Waals surface area contributed by atoms with E-state index in [-0.39, 0.29) is 5.78 Å². The SMILES string of the molecule is Nc1ccc(C(=O)c2cccc(Cl)c2)cc1Br. The fraction of sp³-hybridized carbons (Fsp3) is 0. The van der Waals surface area contributed by atoms with Crippen LogP contribution in [0, 0.1) is 0 Å². The zero-order valence-corrected chi connectivity index (χ0v) is 11.1. The first-order valence-electron chi connectivity index (χ1n) is 4.93. The Hall–Kier alpha value is -1.32. The summed E-state index contributed by atoms with van der Waals surface area (Å²) in [7, 11) is 0. The maximum absolute atomic E-state index is 12.1. The molecule has 0 aliphatic rings. The number of ketones is 1. The number of nitrogens with two attached hydrogens (primary N) is 1. The summed E-state index contributed by atoms with van der Waals surface area (Å²) in [6, 6.07) is 12.0. The summed E-state index contributed by atoms with van der Waals surface area (Å²) >= 11 is 9.15. The van der Waals surface area contributed by atoms with E-state index in [9.17, 15) is 4.79 Å². The number of rotatable bonds is 2. The van der Waals surface area contributed by atoms with E-state index in [0.717, 1.165) is 0 Å². The predicted molar refractivity (Wildman–Crippen MR) is 73.4 cm³/mol. The van der Waals surface area contributed by atoms with Crippen LogP contribution in [-0.2, 0) is 0 Å². The molecule has 0 amide bonds. The molecule has 2 aromatic rings. The van der Waals surface area contributed by atoms with Crippen molar-refractivity contribution < 1.29 is 4.79 Å². The van der Waals surface area contributed by atoms with Crippen molar-refractivity contribution in [2.24, 2.45) is 0 Å². The second-order valence-electron chi connectivity index (χ2n) is 3.58. The van der Waals surface area contributed by atoms with Gasteiger partial charge in [-0.3, -0.25) is 4.79 Å². The molecule has 17 heavy (non-hydrogen) atoms. The van der Waals surface area contributed by atoms with Crippen molar-refractivity contribution in [3.05, 3.63) is 63.1 Å². The number of benzene rings is 2. The minimum absolute atomic E-state index is 0.0757. The van der Waals surface area contributed by atoms with Crippen molar-refractivity contribution in [2.75, 3.05) is 5.73 Å². The van der Waals surface area contributed by atoms with Gasteiger partial charge in [-0.25, -0.2) is 0 Å². The highest BCUT2D eigenvalue weighted by atomic mass is 79.9. The summed E-state index contributed by atoms with van der Waals surface area (Å²) < 4.78 is 0.713. The Labute approximate surface area is 113 Å². The smallest absolute Gasteiger partial charge is 0.193 e. The number of hydrogen-bond acceptors (Lipinski definition) is 2. The predicted octanol–water partition coefficient (Wildman–Crippen LogP) is 3.92. The molecular weight excluding hydrogens is 302 g/mol. The van der Waals surface area contributed by atoms with Gasteiger partial charge in [-0.15, -0.1) is 0 Å². The third kappa shape index (κ3) is 2.68. The van der Waals surface area contributed by atoms with Crippen molar-refractivity contribution in [2.45, 2.75) is 0 Å². The molecule has 0 aliphatic heterocycles. The quantitative estimate of drug-likeness (QED) is 0.675. The molecule has 0 aromatic heterocycles. The third-order valence-corrected chi connectivity index (χ3v) is 3.27. The van der Waals surface area contributed by atoms with E-state index in [1.54, 1.807) is 42.5 Å². The molecule has 0 atom stereocenters. The van der Waals surface area contributed by atoms with Gasteiger partial charge in [0.05, 0.1) is 0 Å². The molecule has 0 spiro atoms. The minimum Gasteiger partial charge on any atom is -0.398 e. The summed E-state index contributed by atoms with van der Waals surface area (Å²) in [5, 5.41) is 0.547. The van der Waals surface area contributed by atoms with E-state index in [1.165, 1.54) is 0 Å². The van der Waals surface area contributed by atoms with Gasteiger partial charge in [0.25, 0.3) is 0 Å². The van der Waals surface area contributed by atoms with Gasteiger partial charge in [-0.05, 0) is 46.3 Å². The largest absolute Gasteiger partial charge is 0.398 e. The van der Waals surface area contributed by atoms with E-state index in [0.29, 0.717) is 26.3 Å². The van der Waals surface area contributed by atoms with Crippen molar-refractivity contribution in [1.82, 2.24) is 0 Å². The highest BCUT2D eigenvalue weighted by molar-refractivity contribution is 9.10. The van der Waals surface area contributed by atoms with Gasteiger partial charge >= 0.3 is 0 Å². The lowest BCUT2D eigenvalue weighted by Gasteiger charge is -2.04. The van der Waals surface area contributed by atoms with Crippen LogP contribution < -0.4 is 5.73 Å². The third-order valence-electron chi connectivity index (χ3n) is 2.35. The fourth-order valence-corrected chi connectivity index (χ4v) is 2.03. The minimum atomic E-state index is -0.0757. The molecule has 2 aromatic carbocycles. The van der Waals surface area contributed by atoms with Crippen LogP contribution in [0.4, 0.5) is 5.69 Å². The van der Waals surface area contributed by atoms with Gasteiger partial charge in [0, 0.05) is 26.3 Å². The van der Waals surface area contributed by atoms with Crippen LogP contribution in [0.25, 0.3) is 0 Å². The number of hydrogen-bond donors (Lipinski definition) is 1. The molecular formula is C13H9BrClNO. The summed E-state index contributed by atoms with van der Waals surface area (Å²) in [4.78, 5) is 12.1.